The fraction of sp³-hybridized carbons (Fsp3) is 0.333. The highest BCUT2D eigenvalue weighted by Gasteiger charge is 2.09. The van der Waals surface area contributed by atoms with Gasteiger partial charge in [0.15, 0.2) is 0 Å². The van der Waals surface area contributed by atoms with Gasteiger partial charge in [0.05, 0.1) is 6.10 Å². The number of anilines is 2. The van der Waals surface area contributed by atoms with Crippen LogP contribution >= 0.6 is 0 Å². The van der Waals surface area contributed by atoms with E-state index in [1.807, 2.05) is 19.1 Å². The fourth-order valence-electron chi connectivity index (χ4n) is 2.42. The molecular formula is C18H23NO. The summed E-state index contributed by atoms with van der Waals surface area (Å²) in [6.45, 7) is 7.16. The van der Waals surface area contributed by atoms with Crippen molar-refractivity contribution in [3.05, 3.63) is 59.7 Å². The van der Waals surface area contributed by atoms with Crippen LogP contribution in [0, 0.1) is 6.92 Å². The first-order chi connectivity index (χ1) is 9.65. The molecule has 1 N–H and O–H groups in total. The van der Waals surface area contributed by atoms with Crippen LogP contribution < -0.4 is 4.90 Å². The Balaban J connectivity index is 2.28. The lowest BCUT2D eigenvalue weighted by Gasteiger charge is -2.24. The fourth-order valence-corrected chi connectivity index (χ4v) is 2.42. The zero-order valence-corrected chi connectivity index (χ0v) is 12.5. The van der Waals surface area contributed by atoms with E-state index in [9.17, 15) is 5.11 Å². The molecule has 0 aliphatic carbocycles. The Labute approximate surface area is 121 Å². The first-order valence-corrected chi connectivity index (χ1v) is 7.28. The van der Waals surface area contributed by atoms with E-state index in [4.69, 9.17) is 0 Å². The summed E-state index contributed by atoms with van der Waals surface area (Å²) in [6.07, 6.45) is 0.382. The van der Waals surface area contributed by atoms with E-state index >= 15 is 0 Å². The Hall–Kier alpha value is -1.80. The number of nitrogens with zero attached hydrogens (tertiary/aromatic N) is 1. The number of aliphatic hydroxyl groups excluding tert-OH is 1. The van der Waals surface area contributed by atoms with E-state index in [0.29, 0.717) is 0 Å². The van der Waals surface area contributed by atoms with E-state index in [1.54, 1.807) is 0 Å². The van der Waals surface area contributed by atoms with Crippen molar-refractivity contribution >= 4 is 11.4 Å². The van der Waals surface area contributed by atoms with Gasteiger partial charge in [-0.1, -0.05) is 31.2 Å². The van der Waals surface area contributed by atoms with Crippen LogP contribution in [0.3, 0.4) is 0 Å². The number of rotatable bonds is 5. The number of hydrogen-bond acceptors (Lipinski definition) is 2. The Morgan fingerprint density at radius 1 is 1.00 bits per heavy atom. The van der Waals surface area contributed by atoms with Crippen LogP contribution in [-0.2, 0) is 0 Å². The maximum Gasteiger partial charge on any atom is 0.0787 e. The third kappa shape index (κ3) is 3.20. The Kier molecular flexibility index (Phi) is 4.80. The second-order valence-corrected chi connectivity index (χ2v) is 5.10. The molecule has 0 radical (unpaired) electrons. The van der Waals surface area contributed by atoms with Crippen molar-refractivity contribution in [1.29, 1.82) is 0 Å². The Bertz CT molecular complexity index is 548. The monoisotopic (exact) mass is 269 g/mol. The SMILES string of the molecule is CC[C@@H](O)c1ccc(N(CC)c2cccc(C)c2)cc1. The van der Waals surface area contributed by atoms with E-state index in [1.165, 1.54) is 11.3 Å². The van der Waals surface area contributed by atoms with Gasteiger partial charge in [-0.05, 0) is 55.7 Å². The highest BCUT2D eigenvalue weighted by atomic mass is 16.3. The molecule has 0 aromatic heterocycles. The molecule has 2 nitrogen and oxygen atoms in total. The van der Waals surface area contributed by atoms with Crippen LogP contribution in [0.15, 0.2) is 48.5 Å². The maximum atomic E-state index is 9.86. The van der Waals surface area contributed by atoms with Gasteiger partial charge in [0.25, 0.3) is 0 Å². The van der Waals surface area contributed by atoms with Gasteiger partial charge in [-0.3, -0.25) is 0 Å². The Morgan fingerprint density at radius 2 is 1.70 bits per heavy atom. The number of hydrogen-bond donors (Lipinski definition) is 1. The van der Waals surface area contributed by atoms with Gasteiger partial charge < -0.3 is 10.0 Å². The quantitative estimate of drug-likeness (QED) is 0.857. The van der Waals surface area contributed by atoms with Gasteiger partial charge in [0.2, 0.25) is 0 Å². The summed E-state index contributed by atoms with van der Waals surface area (Å²) < 4.78 is 0. The minimum absolute atomic E-state index is 0.363. The second-order valence-electron chi connectivity index (χ2n) is 5.10. The standard InChI is InChI=1S/C18H23NO/c1-4-18(20)15-9-11-16(12-10-15)19(5-2)17-8-6-7-14(3)13-17/h6-13,18,20H,4-5H2,1-3H3/t18-/m1/s1. The predicted molar refractivity (Wildman–Crippen MR) is 85.6 cm³/mol. The number of aliphatic hydroxyl groups is 1. The molecule has 2 rings (SSSR count). The molecule has 0 aliphatic heterocycles. The molecule has 2 aromatic rings. The summed E-state index contributed by atoms with van der Waals surface area (Å²) in [5.74, 6) is 0. The first-order valence-electron chi connectivity index (χ1n) is 7.28. The van der Waals surface area contributed by atoms with Gasteiger partial charge in [0.1, 0.15) is 0 Å². The summed E-state index contributed by atoms with van der Waals surface area (Å²) >= 11 is 0. The van der Waals surface area contributed by atoms with Crippen molar-refractivity contribution in [2.45, 2.75) is 33.3 Å². The second kappa shape index (κ2) is 6.58. The normalized spacial score (nSPS) is 12.2. The summed E-state index contributed by atoms with van der Waals surface area (Å²) in [4.78, 5) is 2.27. The third-order valence-electron chi connectivity index (χ3n) is 3.61. The minimum Gasteiger partial charge on any atom is -0.388 e. The van der Waals surface area contributed by atoms with Crippen LogP contribution in [0.2, 0.25) is 0 Å². The van der Waals surface area contributed by atoms with Crippen molar-refractivity contribution < 1.29 is 5.11 Å². The van der Waals surface area contributed by atoms with Crippen molar-refractivity contribution in [2.75, 3.05) is 11.4 Å². The summed E-state index contributed by atoms with van der Waals surface area (Å²) in [7, 11) is 0. The van der Waals surface area contributed by atoms with E-state index < -0.39 is 0 Å². The molecule has 1 atom stereocenters. The zero-order chi connectivity index (χ0) is 14.5. The highest BCUT2D eigenvalue weighted by molar-refractivity contribution is 5.64. The lowest BCUT2D eigenvalue weighted by molar-refractivity contribution is 0.173. The predicted octanol–water partition coefficient (Wildman–Crippen LogP) is 4.60. The minimum atomic E-state index is -0.363. The molecular weight excluding hydrogens is 246 g/mol. The maximum absolute atomic E-state index is 9.86. The van der Waals surface area contributed by atoms with Gasteiger partial charge in [-0.25, -0.2) is 0 Å². The molecule has 0 aliphatic rings. The first kappa shape index (κ1) is 14.6. The highest BCUT2D eigenvalue weighted by Crippen LogP contribution is 2.27. The molecule has 0 amide bonds. The molecule has 0 saturated heterocycles. The summed E-state index contributed by atoms with van der Waals surface area (Å²) in [5.41, 5.74) is 4.61. The molecule has 0 saturated carbocycles. The van der Waals surface area contributed by atoms with Gasteiger partial charge in [-0.2, -0.15) is 0 Å². The molecule has 0 heterocycles. The molecule has 0 bridgehead atoms. The molecule has 0 spiro atoms. The van der Waals surface area contributed by atoms with Gasteiger partial charge in [-0.15, -0.1) is 0 Å². The summed E-state index contributed by atoms with van der Waals surface area (Å²) in [6, 6.07) is 16.7. The van der Waals surface area contributed by atoms with Crippen molar-refractivity contribution in [3.8, 4) is 0 Å². The Morgan fingerprint density at radius 3 is 2.25 bits per heavy atom. The van der Waals surface area contributed by atoms with E-state index in [2.05, 4.69) is 55.1 Å². The van der Waals surface area contributed by atoms with Crippen LogP contribution in [0.4, 0.5) is 11.4 Å². The molecule has 0 unspecified atom stereocenters. The lowest BCUT2D eigenvalue weighted by Crippen LogP contribution is -2.16. The largest absolute Gasteiger partial charge is 0.388 e. The lowest BCUT2D eigenvalue weighted by atomic mass is 10.1. The third-order valence-corrected chi connectivity index (χ3v) is 3.61. The number of benzene rings is 2. The van der Waals surface area contributed by atoms with Crippen molar-refractivity contribution in [3.63, 3.8) is 0 Å². The smallest absolute Gasteiger partial charge is 0.0787 e. The summed E-state index contributed by atoms with van der Waals surface area (Å²) in [5, 5.41) is 9.86. The average Bonchev–Trinajstić information content (AvgIpc) is 2.48. The molecule has 20 heavy (non-hydrogen) atoms. The van der Waals surface area contributed by atoms with Crippen LogP contribution in [0.1, 0.15) is 37.5 Å². The van der Waals surface area contributed by atoms with Crippen molar-refractivity contribution in [1.82, 2.24) is 0 Å². The molecule has 106 valence electrons. The van der Waals surface area contributed by atoms with E-state index in [-0.39, 0.29) is 6.10 Å². The van der Waals surface area contributed by atoms with Gasteiger partial charge >= 0.3 is 0 Å². The van der Waals surface area contributed by atoms with Crippen molar-refractivity contribution in [2.24, 2.45) is 0 Å². The molecule has 2 heteroatoms. The van der Waals surface area contributed by atoms with E-state index in [0.717, 1.165) is 24.2 Å². The number of aryl methyl sites for hydroxylation is 1. The zero-order valence-electron chi connectivity index (χ0n) is 12.5. The average molecular weight is 269 g/mol. The van der Waals surface area contributed by atoms with Gasteiger partial charge in [0, 0.05) is 17.9 Å². The topological polar surface area (TPSA) is 23.5 Å². The van der Waals surface area contributed by atoms with Crippen LogP contribution in [0.25, 0.3) is 0 Å². The molecule has 0 fully saturated rings. The van der Waals surface area contributed by atoms with Crippen LogP contribution in [-0.4, -0.2) is 11.7 Å². The van der Waals surface area contributed by atoms with Crippen LogP contribution in [0.5, 0.6) is 0 Å². The molecule has 2 aromatic carbocycles.